The zero-order valence-electron chi connectivity index (χ0n) is 10.7. The Labute approximate surface area is 131 Å². The molecule has 0 aromatic heterocycles. The van der Waals surface area contributed by atoms with Crippen LogP contribution in [0.3, 0.4) is 0 Å². The van der Waals surface area contributed by atoms with E-state index in [1.807, 2.05) is 0 Å². The van der Waals surface area contributed by atoms with E-state index in [9.17, 15) is 15.3 Å². The largest absolute Gasteiger partial charge is 0.460 e. The van der Waals surface area contributed by atoms with Crippen molar-refractivity contribution in [2.24, 2.45) is 0 Å². The summed E-state index contributed by atoms with van der Waals surface area (Å²) in [7, 11) is 0. The van der Waals surface area contributed by atoms with E-state index in [2.05, 4.69) is 0 Å². The van der Waals surface area contributed by atoms with Crippen LogP contribution in [0.4, 0.5) is 5.69 Å². The molecule has 1 aromatic carbocycles. The van der Waals surface area contributed by atoms with E-state index in [-0.39, 0.29) is 5.75 Å². The van der Waals surface area contributed by atoms with Crippen molar-refractivity contribution in [3.63, 3.8) is 0 Å². The van der Waals surface area contributed by atoms with E-state index in [1.165, 1.54) is 6.07 Å². The Hall–Kier alpha value is -0.800. The zero-order chi connectivity index (χ0) is 15.6. The van der Waals surface area contributed by atoms with Crippen molar-refractivity contribution in [2.75, 3.05) is 10.5 Å². The molecule has 1 aliphatic heterocycles. The lowest BCUT2D eigenvalue weighted by molar-refractivity contribution is -0.277. The standard InChI is InChI=1S/C12H15Cl2NO6/c13-15(14)6-3-1-2-4-7(6)20-12-11(19)10(18)9(17)8(5-16)21-12/h1-4,8-12,16-19H,5H2/t8-,9+,10+,11-,12?/m1/s1. The van der Waals surface area contributed by atoms with Crippen molar-refractivity contribution in [1.29, 1.82) is 0 Å². The lowest BCUT2D eigenvalue weighted by Crippen LogP contribution is -2.60. The summed E-state index contributed by atoms with van der Waals surface area (Å²) >= 11 is 11.3. The molecule has 0 bridgehead atoms. The van der Waals surface area contributed by atoms with E-state index in [0.717, 1.165) is 3.94 Å². The molecule has 118 valence electrons. The number of para-hydroxylation sites is 2. The van der Waals surface area contributed by atoms with Crippen molar-refractivity contribution >= 4 is 29.2 Å². The molecule has 0 radical (unpaired) electrons. The number of nitrogens with zero attached hydrogens (tertiary/aromatic N) is 1. The van der Waals surface area contributed by atoms with Gasteiger partial charge in [-0.05, 0) is 12.1 Å². The van der Waals surface area contributed by atoms with Crippen LogP contribution in [0.25, 0.3) is 0 Å². The first kappa shape index (κ1) is 16.6. The number of ether oxygens (including phenoxy) is 2. The Morgan fingerprint density at radius 3 is 2.38 bits per heavy atom. The van der Waals surface area contributed by atoms with Crippen LogP contribution in [0.5, 0.6) is 5.75 Å². The van der Waals surface area contributed by atoms with Gasteiger partial charge in [-0.1, -0.05) is 12.1 Å². The normalized spacial score (nSPS) is 32.8. The Morgan fingerprint density at radius 2 is 1.76 bits per heavy atom. The van der Waals surface area contributed by atoms with Crippen molar-refractivity contribution in [3.8, 4) is 5.75 Å². The van der Waals surface area contributed by atoms with Crippen molar-refractivity contribution in [2.45, 2.75) is 30.7 Å². The first-order chi connectivity index (χ1) is 9.95. The van der Waals surface area contributed by atoms with E-state index in [0.29, 0.717) is 5.69 Å². The third-order valence-electron chi connectivity index (χ3n) is 3.14. The fraction of sp³-hybridized carbons (Fsp3) is 0.500. The van der Waals surface area contributed by atoms with Crippen molar-refractivity contribution < 1.29 is 29.9 Å². The van der Waals surface area contributed by atoms with Crippen LogP contribution in [0.1, 0.15) is 0 Å². The topological polar surface area (TPSA) is 103 Å². The Morgan fingerprint density at radius 1 is 1.10 bits per heavy atom. The molecule has 4 N–H and O–H groups in total. The molecule has 1 fully saturated rings. The van der Waals surface area contributed by atoms with Gasteiger partial charge in [0.25, 0.3) is 0 Å². The van der Waals surface area contributed by atoms with Gasteiger partial charge in [-0.2, -0.15) is 3.94 Å². The fourth-order valence-corrected chi connectivity index (χ4v) is 2.27. The molecule has 1 saturated heterocycles. The van der Waals surface area contributed by atoms with Crippen LogP contribution in [0.15, 0.2) is 24.3 Å². The highest BCUT2D eigenvalue weighted by Crippen LogP contribution is 2.33. The minimum Gasteiger partial charge on any atom is -0.460 e. The summed E-state index contributed by atoms with van der Waals surface area (Å²) in [5.41, 5.74) is 0.304. The Balaban J connectivity index is 2.19. The number of halogens is 2. The number of anilines is 1. The maximum Gasteiger partial charge on any atom is 0.229 e. The SMILES string of the molecule is OC[C@H]1OC(Oc2ccccc2N(Cl)Cl)[C@H](O)[C@@H](O)[C@H]1O. The van der Waals surface area contributed by atoms with Gasteiger partial charge in [0, 0.05) is 23.6 Å². The number of hydrogen-bond acceptors (Lipinski definition) is 7. The summed E-state index contributed by atoms with van der Waals surface area (Å²) < 4.78 is 11.5. The summed E-state index contributed by atoms with van der Waals surface area (Å²) in [4.78, 5) is 0. The Bertz CT molecular complexity index is 475. The minimum atomic E-state index is -1.52. The summed E-state index contributed by atoms with van der Waals surface area (Å²) in [6.07, 6.45) is -6.82. The number of hydrogen-bond donors (Lipinski definition) is 4. The number of benzene rings is 1. The van der Waals surface area contributed by atoms with Gasteiger partial charge in [-0.3, -0.25) is 0 Å². The molecule has 5 atom stereocenters. The van der Waals surface area contributed by atoms with Crippen LogP contribution < -0.4 is 8.67 Å². The molecule has 0 amide bonds. The highest BCUT2D eigenvalue weighted by Gasteiger charge is 2.44. The predicted octanol–water partition coefficient (Wildman–Crippen LogP) is -0.0207. The molecule has 9 heteroatoms. The van der Waals surface area contributed by atoms with Gasteiger partial charge in [0.15, 0.2) is 0 Å². The summed E-state index contributed by atoms with van der Waals surface area (Å²) in [5, 5.41) is 38.4. The van der Waals surface area contributed by atoms with Crippen LogP contribution in [0.2, 0.25) is 0 Å². The predicted molar refractivity (Wildman–Crippen MR) is 75.0 cm³/mol. The Kier molecular flexibility index (Phi) is 5.50. The molecular weight excluding hydrogens is 325 g/mol. The average Bonchev–Trinajstić information content (AvgIpc) is 2.48. The smallest absolute Gasteiger partial charge is 0.229 e. The first-order valence-electron chi connectivity index (χ1n) is 6.13. The molecular formula is C12H15Cl2NO6. The van der Waals surface area contributed by atoms with Gasteiger partial charge in [0.1, 0.15) is 35.9 Å². The van der Waals surface area contributed by atoms with Gasteiger partial charge in [0.2, 0.25) is 6.29 Å². The summed E-state index contributed by atoms with van der Waals surface area (Å²) in [6.45, 7) is -0.538. The first-order valence-corrected chi connectivity index (χ1v) is 6.81. The highest BCUT2D eigenvalue weighted by molar-refractivity contribution is 6.49. The fourth-order valence-electron chi connectivity index (χ4n) is 1.99. The van der Waals surface area contributed by atoms with E-state index >= 15 is 0 Å². The van der Waals surface area contributed by atoms with Gasteiger partial charge in [-0.15, -0.1) is 0 Å². The lowest BCUT2D eigenvalue weighted by Gasteiger charge is -2.39. The van der Waals surface area contributed by atoms with Gasteiger partial charge >= 0.3 is 0 Å². The molecule has 1 unspecified atom stereocenters. The third kappa shape index (κ3) is 3.51. The minimum absolute atomic E-state index is 0.201. The molecule has 0 aliphatic carbocycles. The van der Waals surface area contributed by atoms with E-state index in [4.69, 9.17) is 38.1 Å². The molecule has 0 spiro atoms. The maximum absolute atomic E-state index is 9.89. The highest BCUT2D eigenvalue weighted by atomic mass is 35.5. The van der Waals surface area contributed by atoms with E-state index in [1.54, 1.807) is 18.2 Å². The van der Waals surface area contributed by atoms with Gasteiger partial charge in [-0.25, -0.2) is 0 Å². The second-order valence-electron chi connectivity index (χ2n) is 4.52. The zero-order valence-corrected chi connectivity index (χ0v) is 12.2. The van der Waals surface area contributed by atoms with Crippen LogP contribution >= 0.6 is 23.6 Å². The van der Waals surface area contributed by atoms with Gasteiger partial charge in [0.05, 0.1) is 6.61 Å². The second kappa shape index (κ2) is 6.97. The lowest BCUT2D eigenvalue weighted by atomic mass is 9.99. The third-order valence-corrected chi connectivity index (χ3v) is 3.50. The molecule has 7 nitrogen and oxygen atoms in total. The molecule has 0 saturated carbocycles. The van der Waals surface area contributed by atoms with Crippen LogP contribution in [-0.4, -0.2) is 57.7 Å². The van der Waals surface area contributed by atoms with E-state index < -0.39 is 37.3 Å². The van der Waals surface area contributed by atoms with Crippen LogP contribution in [0, 0.1) is 0 Å². The molecule has 1 aliphatic rings. The maximum atomic E-state index is 9.89. The van der Waals surface area contributed by atoms with Crippen molar-refractivity contribution in [1.82, 2.24) is 0 Å². The number of rotatable bonds is 4. The summed E-state index contributed by atoms with van der Waals surface area (Å²) in [5.74, 6) is 0.201. The number of aliphatic hydroxyl groups excluding tert-OH is 4. The second-order valence-corrected chi connectivity index (χ2v) is 5.36. The quantitative estimate of drug-likeness (QED) is 0.571. The number of aliphatic hydroxyl groups is 4. The average molecular weight is 340 g/mol. The van der Waals surface area contributed by atoms with Crippen molar-refractivity contribution in [3.05, 3.63) is 24.3 Å². The summed E-state index contributed by atoms with van der Waals surface area (Å²) in [6, 6.07) is 6.43. The molecule has 21 heavy (non-hydrogen) atoms. The van der Waals surface area contributed by atoms with Crippen LogP contribution in [-0.2, 0) is 4.74 Å². The molecule has 1 aromatic rings. The molecule has 2 rings (SSSR count). The van der Waals surface area contributed by atoms with Gasteiger partial charge < -0.3 is 29.9 Å². The monoisotopic (exact) mass is 339 g/mol. The molecule has 1 heterocycles.